The van der Waals surface area contributed by atoms with E-state index >= 15 is 0 Å². The Morgan fingerprint density at radius 3 is 2.83 bits per heavy atom. The Hall–Kier alpha value is -3.22. The Bertz CT molecular complexity index is 1020. The zero-order chi connectivity index (χ0) is 20.1. The molecule has 0 fully saturated rings. The minimum atomic E-state index is -0.223. The fourth-order valence-corrected chi connectivity index (χ4v) is 3.40. The summed E-state index contributed by atoms with van der Waals surface area (Å²) in [7, 11) is 1.74. The molecular weight excluding hydrogens is 371 g/mol. The van der Waals surface area contributed by atoms with E-state index in [9.17, 15) is 4.39 Å². The lowest BCUT2D eigenvalue weighted by Gasteiger charge is -2.13. The second kappa shape index (κ2) is 8.86. The molecule has 4 rings (SSSR count). The number of aromatic amines is 1. The highest BCUT2D eigenvalue weighted by Gasteiger charge is 2.11. The maximum Gasteiger partial charge on any atom is 0.191 e. The molecule has 0 spiro atoms. The molecule has 1 aliphatic rings. The smallest absolute Gasteiger partial charge is 0.191 e. The molecule has 0 aliphatic carbocycles. The lowest BCUT2D eigenvalue weighted by molar-refractivity contribution is 0.297. The normalized spacial score (nSPS) is 13.9. The minimum absolute atomic E-state index is 0.223. The molecule has 0 bridgehead atoms. The number of hydrogen-bond donors (Lipinski definition) is 3. The number of aliphatic imine (C=N–C) groups is 1. The standard InChI is InChI=1S/C22H25FN4O2/c1-24-22(25-8-7-16-14-26-19-5-4-17(23)12-18(16)19)27-13-15-3-6-20-21(11-15)29-10-2-9-28-20/h3-6,11-12,14,26H,2,7-10,13H2,1H3,(H2,24,25,27). The van der Waals surface area contributed by atoms with Gasteiger partial charge in [-0.15, -0.1) is 0 Å². The molecule has 1 aromatic heterocycles. The number of fused-ring (bicyclic) bond motifs is 2. The number of halogens is 1. The van der Waals surface area contributed by atoms with Crippen molar-refractivity contribution in [2.75, 3.05) is 26.8 Å². The number of ether oxygens (including phenoxy) is 2. The molecule has 0 unspecified atom stereocenters. The summed E-state index contributed by atoms with van der Waals surface area (Å²) >= 11 is 0. The Labute approximate surface area is 169 Å². The largest absolute Gasteiger partial charge is 0.490 e. The second-order valence-corrected chi connectivity index (χ2v) is 6.94. The summed E-state index contributed by atoms with van der Waals surface area (Å²) in [5.74, 6) is 2.07. The Balaban J connectivity index is 1.31. The summed E-state index contributed by atoms with van der Waals surface area (Å²) < 4.78 is 24.9. The van der Waals surface area contributed by atoms with Gasteiger partial charge in [-0.25, -0.2) is 4.39 Å². The third kappa shape index (κ3) is 4.62. The van der Waals surface area contributed by atoms with Gasteiger partial charge in [0.05, 0.1) is 13.2 Å². The van der Waals surface area contributed by atoms with Crippen LogP contribution in [0.1, 0.15) is 17.5 Å². The van der Waals surface area contributed by atoms with Gasteiger partial charge >= 0.3 is 0 Å². The van der Waals surface area contributed by atoms with Crippen LogP contribution in [0.3, 0.4) is 0 Å². The lowest BCUT2D eigenvalue weighted by Crippen LogP contribution is -2.37. The molecule has 2 aromatic carbocycles. The molecule has 0 radical (unpaired) electrons. The predicted octanol–water partition coefficient (Wildman–Crippen LogP) is 3.38. The van der Waals surface area contributed by atoms with E-state index in [0.717, 1.165) is 46.4 Å². The van der Waals surface area contributed by atoms with Crippen LogP contribution < -0.4 is 20.1 Å². The summed E-state index contributed by atoms with van der Waals surface area (Å²) in [5, 5.41) is 7.53. The number of guanidine groups is 1. The molecule has 6 nitrogen and oxygen atoms in total. The van der Waals surface area contributed by atoms with Gasteiger partial charge in [-0.2, -0.15) is 0 Å². The SMILES string of the molecule is CN=C(NCCc1c[nH]c2ccc(F)cc12)NCc1ccc2c(c1)OCCCO2. The van der Waals surface area contributed by atoms with Crippen molar-refractivity contribution >= 4 is 16.9 Å². The quantitative estimate of drug-likeness (QED) is 0.457. The number of benzene rings is 2. The van der Waals surface area contributed by atoms with Gasteiger partial charge in [-0.1, -0.05) is 6.07 Å². The van der Waals surface area contributed by atoms with Crippen molar-refractivity contribution < 1.29 is 13.9 Å². The Morgan fingerprint density at radius 2 is 1.97 bits per heavy atom. The monoisotopic (exact) mass is 396 g/mol. The van der Waals surface area contributed by atoms with Gasteiger partial charge in [0.25, 0.3) is 0 Å². The van der Waals surface area contributed by atoms with E-state index in [-0.39, 0.29) is 5.82 Å². The zero-order valence-electron chi connectivity index (χ0n) is 16.4. The third-order valence-corrected chi connectivity index (χ3v) is 4.91. The fourth-order valence-electron chi connectivity index (χ4n) is 3.40. The number of aromatic nitrogens is 1. The van der Waals surface area contributed by atoms with Crippen LogP contribution in [0.25, 0.3) is 10.9 Å². The van der Waals surface area contributed by atoms with Crippen molar-refractivity contribution in [3.63, 3.8) is 0 Å². The van der Waals surface area contributed by atoms with Gasteiger partial charge in [0, 0.05) is 43.7 Å². The van der Waals surface area contributed by atoms with E-state index < -0.39 is 0 Å². The van der Waals surface area contributed by atoms with Crippen molar-refractivity contribution in [1.82, 2.24) is 15.6 Å². The van der Waals surface area contributed by atoms with E-state index in [4.69, 9.17) is 9.47 Å². The first-order valence-electron chi connectivity index (χ1n) is 9.81. The van der Waals surface area contributed by atoms with E-state index in [0.29, 0.717) is 32.3 Å². The Kier molecular flexibility index (Phi) is 5.84. The highest BCUT2D eigenvalue weighted by atomic mass is 19.1. The van der Waals surface area contributed by atoms with Crippen molar-refractivity contribution in [2.24, 2.45) is 4.99 Å². The molecule has 3 aromatic rings. The molecule has 0 atom stereocenters. The average molecular weight is 396 g/mol. The highest BCUT2D eigenvalue weighted by molar-refractivity contribution is 5.83. The van der Waals surface area contributed by atoms with Gasteiger partial charge in [-0.05, 0) is 47.9 Å². The molecule has 1 aliphatic heterocycles. The van der Waals surface area contributed by atoms with Crippen LogP contribution in [0.15, 0.2) is 47.6 Å². The molecule has 152 valence electrons. The van der Waals surface area contributed by atoms with Crippen LogP contribution in [0, 0.1) is 5.82 Å². The molecule has 0 amide bonds. The number of H-pyrrole nitrogens is 1. The van der Waals surface area contributed by atoms with Crippen LogP contribution in [0.4, 0.5) is 4.39 Å². The number of nitrogens with one attached hydrogen (secondary N) is 3. The molecule has 0 saturated carbocycles. The van der Waals surface area contributed by atoms with Gasteiger partial charge in [0.15, 0.2) is 17.5 Å². The van der Waals surface area contributed by atoms with Crippen LogP contribution in [0.2, 0.25) is 0 Å². The molecule has 2 heterocycles. The number of hydrogen-bond acceptors (Lipinski definition) is 3. The van der Waals surface area contributed by atoms with E-state index in [1.807, 2.05) is 24.4 Å². The second-order valence-electron chi connectivity index (χ2n) is 6.94. The van der Waals surface area contributed by atoms with E-state index in [2.05, 4.69) is 20.6 Å². The third-order valence-electron chi connectivity index (χ3n) is 4.91. The van der Waals surface area contributed by atoms with Crippen molar-refractivity contribution in [2.45, 2.75) is 19.4 Å². The predicted molar refractivity (Wildman–Crippen MR) is 112 cm³/mol. The molecule has 3 N–H and O–H groups in total. The first-order valence-corrected chi connectivity index (χ1v) is 9.81. The van der Waals surface area contributed by atoms with Gasteiger partial charge in [0.2, 0.25) is 0 Å². The average Bonchev–Trinajstić information content (AvgIpc) is 2.97. The highest BCUT2D eigenvalue weighted by Crippen LogP contribution is 2.30. The fraction of sp³-hybridized carbons (Fsp3) is 0.318. The maximum absolute atomic E-state index is 13.5. The van der Waals surface area contributed by atoms with Crippen molar-refractivity contribution in [3.8, 4) is 11.5 Å². The van der Waals surface area contributed by atoms with Crippen LogP contribution in [0.5, 0.6) is 11.5 Å². The number of rotatable bonds is 5. The summed E-state index contributed by atoms with van der Waals surface area (Å²) in [4.78, 5) is 7.45. The minimum Gasteiger partial charge on any atom is -0.490 e. The lowest BCUT2D eigenvalue weighted by atomic mass is 10.1. The van der Waals surface area contributed by atoms with Gasteiger partial charge in [0.1, 0.15) is 5.82 Å². The molecular formula is C22H25FN4O2. The van der Waals surface area contributed by atoms with Gasteiger partial charge in [-0.3, -0.25) is 4.99 Å². The summed E-state index contributed by atoms with van der Waals surface area (Å²) in [5.41, 5.74) is 3.10. The van der Waals surface area contributed by atoms with Crippen LogP contribution in [-0.4, -0.2) is 37.7 Å². The first-order chi connectivity index (χ1) is 14.2. The molecule has 7 heteroatoms. The van der Waals surface area contributed by atoms with E-state index in [1.165, 1.54) is 6.07 Å². The summed E-state index contributed by atoms with van der Waals surface area (Å²) in [6, 6.07) is 10.8. The zero-order valence-corrected chi connectivity index (χ0v) is 16.4. The van der Waals surface area contributed by atoms with Crippen molar-refractivity contribution in [1.29, 1.82) is 0 Å². The van der Waals surface area contributed by atoms with Gasteiger partial charge < -0.3 is 25.1 Å². The maximum atomic E-state index is 13.5. The van der Waals surface area contributed by atoms with Crippen molar-refractivity contribution in [3.05, 3.63) is 59.5 Å². The number of nitrogens with zero attached hydrogens (tertiary/aromatic N) is 1. The Morgan fingerprint density at radius 1 is 1.10 bits per heavy atom. The van der Waals surface area contributed by atoms with E-state index in [1.54, 1.807) is 19.2 Å². The van der Waals surface area contributed by atoms with Crippen LogP contribution >= 0.6 is 0 Å². The van der Waals surface area contributed by atoms with Crippen LogP contribution in [-0.2, 0) is 13.0 Å². The topological polar surface area (TPSA) is 70.7 Å². The summed E-state index contributed by atoms with van der Waals surface area (Å²) in [6.45, 7) is 2.66. The molecule has 29 heavy (non-hydrogen) atoms. The molecule has 0 saturated heterocycles. The first kappa shape index (κ1) is 19.1. The summed E-state index contributed by atoms with van der Waals surface area (Å²) in [6.07, 6.45) is 3.58.